The van der Waals surface area contributed by atoms with Gasteiger partial charge in [-0.15, -0.1) is 0 Å². The van der Waals surface area contributed by atoms with Crippen LogP contribution in [-0.4, -0.2) is 23.0 Å². The second kappa shape index (κ2) is 3.91. The molecule has 1 aromatic heterocycles. The number of hydrogen-bond acceptors (Lipinski definition) is 3. The predicted octanol–water partition coefficient (Wildman–Crippen LogP) is 2.73. The topological polar surface area (TPSA) is 29.3 Å². The van der Waals surface area contributed by atoms with Crippen LogP contribution < -0.4 is 0 Å². The Labute approximate surface area is 95.1 Å². The molecule has 0 aliphatic carbocycles. The van der Waals surface area contributed by atoms with Gasteiger partial charge in [-0.3, -0.25) is 4.90 Å². The molecule has 0 bridgehead atoms. The Balaban J connectivity index is 1.86. The first-order chi connectivity index (χ1) is 7.81. The van der Waals surface area contributed by atoms with Crippen LogP contribution in [0.1, 0.15) is 24.3 Å². The van der Waals surface area contributed by atoms with Crippen molar-refractivity contribution in [2.24, 2.45) is 0 Å². The van der Waals surface area contributed by atoms with E-state index in [1.807, 2.05) is 6.07 Å². The Morgan fingerprint density at radius 1 is 1.31 bits per heavy atom. The monoisotopic (exact) mass is 216 g/mol. The summed E-state index contributed by atoms with van der Waals surface area (Å²) < 4.78 is 5.73. The fourth-order valence-electron chi connectivity index (χ4n) is 2.28. The number of aryl methyl sites for hydroxylation is 1. The average Bonchev–Trinajstić information content (AvgIpc) is 2.86. The molecular weight excluding hydrogens is 200 g/mol. The van der Waals surface area contributed by atoms with E-state index in [1.54, 1.807) is 0 Å². The van der Waals surface area contributed by atoms with Gasteiger partial charge in [0.15, 0.2) is 5.58 Å². The number of fused-ring (bicyclic) bond motifs is 1. The number of nitrogens with zero attached hydrogens (tertiary/aromatic N) is 2. The minimum Gasteiger partial charge on any atom is -0.439 e. The molecule has 1 saturated heterocycles. The normalized spacial score (nSPS) is 17.3. The zero-order valence-corrected chi connectivity index (χ0v) is 9.57. The molecule has 0 unspecified atom stereocenters. The Morgan fingerprint density at radius 2 is 2.12 bits per heavy atom. The van der Waals surface area contributed by atoms with Gasteiger partial charge in [0.05, 0.1) is 6.54 Å². The van der Waals surface area contributed by atoms with E-state index in [-0.39, 0.29) is 0 Å². The summed E-state index contributed by atoms with van der Waals surface area (Å²) in [6, 6.07) is 6.14. The van der Waals surface area contributed by atoms with E-state index in [9.17, 15) is 0 Å². The molecule has 1 aliphatic rings. The maximum Gasteiger partial charge on any atom is 0.209 e. The average molecular weight is 216 g/mol. The number of hydrogen-bond donors (Lipinski definition) is 0. The molecule has 1 fully saturated rings. The van der Waals surface area contributed by atoms with Crippen molar-refractivity contribution in [1.29, 1.82) is 0 Å². The summed E-state index contributed by atoms with van der Waals surface area (Å²) >= 11 is 0. The lowest BCUT2D eigenvalue weighted by atomic mass is 10.2. The van der Waals surface area contributed by atoms with Crippen molar-refractivity contribution in [2.45, 2.75) is 26.3 Å². The molecule has 84 valence electrons. The highest BCUT2D eigenvalue weighted by molar-refractivity contribution is 5.73. The van der Waals surface area contributed by atoms with Crippen molar-refractivity contribution < 1.29 is 4.42 Å². The molecule has 1 aliphatic heterocycles. The fourth-order valence-corrected chi connectivity index (χ4v) is 2.28. The van der Waals surface area contributed by atoms with E-state index in [0.29, 0.717) is 0 Å². The van der Waals surface area contributed by atoms with E-state index < -0.39 is 0 Å². The van der Waals surface area contributed by atoms with Crippen LogP contribution in [0.2, 0.25) is 0 Å². The van der Waals surface area contributed by atoms with E-state index >= 15 is 0 Å². The van der Waals surface area contributed by atoms with E-state index in [0.717, 1.165) is 23.5 Å². The minimum absolute atomic E-state index is 0.850. The summed E-state index contributed by atoms with van der Waals surface area (Å²) in [5.41, 5.74) is 3.11. The van der Waals surface area contributed by atoms with Crippen LogP contribution in [0.3, 0.4) is 0 Å². The Morgan fingerprint density at radius 3 is 2.94 bits per heavy atom. The lowest BCUT2D eigenvalue weighted by molar-refractivity contribution is 0.295. The summed E-state index contributed by atoms with van der Waals surface area (Å²) in [6.45, 7) is 5.29. The first-order valence-corrected chi connectivity index (χ1v) is 5.90. The molecule has 0 atom stereocenters. The van der Waals surface area contributed by atoms with Gasteiger partial charge in [-0.05, 0) is 50.6 Å². The van der Waals surface area contributed by atoms with Crippen molar-refractivity contribution in [2.75, 3.05) is 13.1 Å². The van der Waals surface area contributed by atoms with E-state index in [2.05, 4.69) is 28.9 Å². The van der Waals surface area contributed by atoms with Crippen LogP contribution >= 0.6 is 0 Å². The highest BCUT2D eigenvalue weighted by Crippen LogP contribution is 2.19. The number of benzene rings is 1. The second-order valence-electron chi connectivity index (χ2n) is 4.56. The summed E-state index contributed by atoms with van der Waals surface area (Å²) in [5, 5.41) is 0. The van der Waals surface area contributed by atoms with Gasteiger partial charge in [0.25, 0.3) is 0 Å². The van der Waals surface area contributed by atoms with Crippen LogP contribution in [0.15, 0.2) is 22.6 Å². The summed E-state index contributed by atoms with van der Waals surface area (Å²) in [4.78, 5) is 6.93. The Bertz CT molecular complexity index is 498. The Hall–Kier alpha value is -1.35. The van der Waals surface area contributed by atoms with E-state index in [1.165, 1.54) is 31.5 Å². The van der Waals surface area contributed by atoms with Crippen molar-refractivity contribution in [1.82, 2.24) is 9.88 Å². The molecule has 3 rings (SSSR count). The van der Waals surface area contributed by atoms with Crippen molar-refractivity contribution in [3.05, 3.63) is 29.7 Å². The summed E-state index contributed by atoms with van der Waals surface area (Å²) in [7, 11) is 0. The van der Waals surface area contributed by atoms with Crippen LogP contribution in [-0.2, 0) is 6.54 Å². The van der Waals surface area contributed by atoms with Crippen LogP contribution in [0.25, 0.3) is 11.1 Å². The van der Waals surface area contributed by atoms with Gasteiger partial charge in [0, 0.05) is 0 Å². The SMILES string of the molecule is Cc1ccc2oc(CN3CCCC3)nc2c1. The molecule has 2 heterocycles. The van der Waals surface area contributed by atoms with E-state index in [4.69, 9.17) is 4.42 Å². The van der Waals surface area contributed by atoms with Crippen LogP contribution in [0.4, 0.5) is 0 Å². The third kappa shape index (κ3) is 1.83. The van der Waals surface area contributed by atoms with Gasteiger partial charge < -0.3 is 4.42 Å². The number of aromatic nitrogens is 1. The van der Waals surface area contributed by atoms with Gasteiger partial charge in [-0.1, -0.05) is 6.07 Å². The van der Waals surface area contributed by atoms with Gasteiger partial charge in [-0.2, -0.15) is 0 Å². The predicted molar refractivity (Wildman–Crippen MR) is 63.3 cm³/mol. The second-order valence-corrected chi connectivity index (χ2v) is 4.56. The first kappa shape index (κ1) is 9.85. The van der Waals surface area contributed by atoms with Gasteiger partial charge in [0.2, 0.25) is 5.89 Å². The molecule has 1 aromatic carbocycles. The number of likely N-dealkylation sites (tertiary alicyclic amines) is 1. The van der Waals surface area contributed by atoms with Crippen molar-refractivity contribution in [3.63, 3.8) is 0 Å². The molecule has 0 amide bonds. The van der Waals surface area contributed by atoms with Gasteiger partial charge >= 0.3 is 0 Å². The maximum absolute atomic E-state index is 5.73. The zero-order chi connectivity index (χ0) is 11.0. The zero-order valence-electron chi connectivity index (χ0n) is 9.57. The third-order valence-corrected chi connectivity index (χ3v) is 3.14. The van der Waals surface area contributed by atoms with Crippen molar-refractivity contribution >= 4 is 11.1 Å². The van der Waals surface area contributed by atoms with Crippen LogP contribution in [0.5, 0.6) is 0 Å². The Kier molecular flexibility index (Phi) is 2.40. The third-order valence-electron chi connectivity index (χ3n) is 3.14. The molecular formula is C13H16N2O. The lowest BCUT2D eigenvalue weighted by Gasteiger charge is -2.10. The molecule has 0 N–H and O–H groups in total. The molecule has 3 nitrogen and oxygen atoms in total. The molecule has 16 heavy (non-hydrogen) atoms. The quantitative estimate of drug-likeness (QED) is 0.773. The highest BCUT2D eigenvalue weighted by Gasteiger charge is 2.15. The van der Waals surface area contributed by atoms with Gasteiger partial charge in [0.1, 0.15) is 5.52 Å². The maximum atomic E-state index is 5.73. The first-order valence-electron chi connectivity index (χ1n) is 5.90. The fraction of sp³-hybridized carbons (Fsp3) is 0.462. The molecule has 3 heteroatoms. The smallest absolute Gasteiger partial charge is 0.209 e. The molecule has 0 saturated carbocycles. The highest BCUT2D eigenvalue weighted by atomic mass is 16.3. The molecule has 0 spiro atoms. The van der Waals surface area contributed by atoms with Crippen LogP contribution in [0, 0.1) is 6.92 Å². The molecule has 0 radical (unpaired) electrons. The largest absolute Gasteiger partial charge is 0.439 e. The number of oxazole rings is 1. The standard InChI is InChI=1S/C13H16N2O/c1-10-4-5-12-11(8-10)14-13(16-12)9-15-6-2-3-7-15/h4-5,8H,2-3,6-7,9H2,1H3. The summed E-state index contributed by atoms with van der Waals surface area (Å²) in [6.07, 6.45) is 2.61. The van der Waals surface area contributed by atoms with Crippen molar-refractivity contribution in [3.8, 4) is 0 Å². The minimum atomic E-state index is 0.850. The summed E-state index contributed by atoms with van der Waals surface area (Å²) in [5.74, 6) is 0.850. The number of rotatable bonds is 2. The molecule has 2 aromatic rings. The lowest BCUT2D eigenvalue weighted by Crippen LogP contribution is -2.18. The van der Waals surface area contributed by atoms with Gasteiger partial charge in [-0.25, -0.2) is 4.98 Å².